The quantitative estimate of drug-likeness (QED) is 0.365. The Bertz CT molecular complexity index is 1140. The number of carbonyl (C=O) groups is 2. The van der Waals surface area contributed by atoms with E-state index in [2.05, 4.69) is 25.9 Å². The van der Waals surface area contributed by atoms with Crippen LogP contribution in [-0.4, -0.2) is 35.7 Å². The molecule has 6 nitrogen and oxygen atoms in total. The number of ketones is 2. The second-order valence-corrected chi connectivity index (χ2v) is 6.62. The van der Waals surface area contributed by atoms with Gasteiger partial charge in [0.2, 0.25) is 0 Å². The molecule has 0 amide bonds. The molecule has 138 valence electrons. The fourth-order valence-corrected chi connectivity index (χ4v) is 3.32. The zero-order chi connectivity index (χ0) is 19.6. The minimum atomic E-state index is 0.0520. The van der Waals surface area contributed by atoms with Crippen molar-refractivity contribution < 1.29 is 9.59 Å². The summed E-state index contributed by atoms with van der Waals surface area (Å²) >= 11 is 3.17. The lowest BCUT2D eigenvalue weighted by Gasteiger charge is -1.98. The van der Waals surface area contributed by atoms with Crippen molar-refractivity contribution in [3.05, 3.63) is 71.6 Å². The number of nitrogens with zero attached hydrogens (tertiary/aromatic N) is 4. The molecule has 0 bridgehead atoms. The summed E-state index contributed by atoms with van der Waals surface area (Å²) in [5.74, 6) is 0.109. The van der Waals surface area contributed by atoms with Gasteiger partial charge in [-0.3, -0.25) is 18.4 Å². The molecule has 0 saturated carbocycles. The van der Waals surface area contributed by atoms with Crippen LogP contribution in [-0.2, 0) is 0 Å². The number of halogens is 1. The Morgan fingerprint density at radius 2 is 1.37 bits per heavy atom. The summed E-state index contributed by atoms with van der Waals surface area (Å²) in [5, 5.41) is 0.330. The van der Waals surface area contributed by atoms with Gasteiger partial charge in [-0.25, -0.2) is 9.97 Å². The first-order chi connectivity index (χ1) is 12.9. The van der Waals surface area contributed by atoms with Crippen LogP contribution in [0.25, 0.3) is 11.3 Å². The van der Waals surface area contributed by atoms with Crippen LogP contribution < -0.4 is 0 Å². The highest BCUT2D eigenvalue weighted by molar-refractivity contribution is 9.09. The molecule has 0 saturated heterocycles. The highest BCUT2D eigenvalue weighted by Gasteiger charge is 2.14. The Kier molecular flexibility index (Phi) is 5.51. The molecule has 4 rings (SSSR count). The van der Waals surface area contributed by atoms with Gasteiger partial charge in [-0.15, -0.1) is 0 Å². The third-order valence-electron chi connectivity index (χ3n) is 4.13. The van der Waals surface area contributed by atoms with Crippen LogP contribution in [0, 0.1) is 13.8 Å². The lowest BCUT2D eigenvalue weighted by molar-refractivity contribution is 0.100. The van der Waals surface area contributed by atoms with E-state index in [1.165, 1.54) is 0 Å². The van der Waals surface area contributed by atoms with Crippen LogP contribution in [0.15, 0.2) is 48.8 Å². The van der Waals surface area contributed by atoms with Gasteiger partial charge in [0.15, 0.2) is 11.6 Å². The molecule has 0 atom stereocenters. The van der Waals surface area contributed by atoms with Crippen molar-refractivity contribution >= 4 is 38.8 Å². The fourth-order valence-electron chi connectivity index (χ4n) is 3.05. The van der Waals surface area contributed by atoms with Crippen molar-refractivity contribution in [3.63, 3.8) is 0 Å². The number of aromatic nitrogens is 4. The fraction of sp³-hybridized carbons (Fsp3) is 0.200. The number of hydrogen-bond acceptors (Lipinski definition) is 4. The summed E-state index contributed by atoms with van der Waals surface area (Å²) in [6.07, 6.45) is 3.71. The smallest absolute Gasteiger partial charge is 0.191 e. The van der Waals surface area contributed by atoms with Crippen molar-refractivity contribution in [2.75, 3.05) is 5.33 Å². The molecule has 4 aromatic heterocycles. The van der Waals surface area contributed by atoms with E-state index in [0.29, 0.717) is 16.7 Å². The number of carbonyl (C=O) groups excluding carboxylic acids is 2. The van der Waals surface area contributed by atoms with Gasteiger partial charge in [0.25, 0.3) is 0 Å². The Morgan fingerprint density at radius 3 is 1.85 bits per heavy atom. The summed E-state index contributed by atoms with van der Waals surface area (Å²) in [4.78, 5) is 31.5. The summed E-state index contributed by atoms with van der Waals surface area (Å²) in [5.41, 5.74) is 4.55. The van der Waals surface area contributed by atoms with Gasteiger partial charge >= 0.3 is 0 Å². The van der Waals surface area contributed by atoms with Crippen LogP contribution in [0.2, 0.25) is 0 Å². The van der Waals surface area contributed by atoms with E-state index in [1.807, 2.05) is 71.4 Å². The summed E-state index contributed by atoms with van der Waals surface area (Å²) in [6.45, 7) is 5.26. The third kappa shape index (κ3) is 3.68. The average molecular weight is 427 g/mol. The van der Waals surface area contributed by atoms with Gasteiger partial charge in [0.05, 0.1) is 16.7 Å². The molecule has 0 aliphatic rings. The van der Waals surface area contributed by atoms with Crippen molar-refractivity contribution in [2.45, 2.75) is 20.8 Å². The van der Waals surface area contributed by atoms with Gasteiger partial charge < -0.3 is 0 Å². The molecular weight excluding hydrogens is 408 g/mol. The van der Waals surface area contributed by atoms with Gasteiger partial charge in [-0.2, -0.15) is 0 Å². The molecule has 0 radical (unpaired) electrons. The van der Waals surface area contributed by atoms with E-state index in [-0.39, 0.29) is 11.6 Å². The molecule has 0 aromatic carbocycles. The van der Waals surface area contributed by atoms with E-state index in [0.717, 1.165) is 22.7 Å². The third-order valence-corrected chi connectivity index (χ3v) is 4.64. The maximum Gasteiger partial charge on any atom is 0.191 e. The summed E-state index contributed by atoms with van der Waals surface area (Å²) in [7, 11) is 0. The predicted molar refractivity (Wildman–Crippen MR) is 108 cm³/mol. The maximum atomic E-state index is 11.6. The number of hydrogen-bond donors (Lipinski definition) is 0. The molecular formula is C20H19BrN4O2. The van der Waals surface area contributed by atoms with Crippen molar-refractivity contribution in [3.8, 4) is 0 Å². The van der Waals surface area contributed by atoms with E-state index in [9.17, 15) is 9.59 Å². The minimum Gasteiger partial charge on any atom is -0.297 e. The molecule has 7 heteroatoms. The monoisotopic (exact) mass is 426 g/mol. The van der Waals surface area contributed by atoms with Gasteiger partial charge in [-0.05, 0) is 38.1 Å². The number of pyridine rings is 2. The SMILES string of the molecule is CC(=O)c1c(C)nc2ccccn12.Cc1nc2ccccn2c1C(=O)CBr. The largest absolute Gasteiger partial charge is 0.297 e. The highest BCUT2D eigenvalue weighted by atomic mass is 79.9. The molecule has 0 fully saturated rings. The van der Waals surface area contributed by atoms with Crippen molar-refractivity contribution in [2.24, 2.45) is 0 Å². The van der Waals surface area contributed by atoms with E-state index >= 15 is 0 Å². The molecule has 0 spiro atoms. The Hall–Kier alpha value is -2.80. The zero-order valence-electron chi connectivity index (χ0n) is 15.3. The maximum absolute atomic E-state index is 11.6. The Balaban J connectivity index is 0.000000156. The molecule has 4 heterocycles. The van der Waals surface area contributed by atoms with E-state index < -0.39 is 0 Å². The molecule has 4 aromatic rings. The van der Waals surface area contributed by atoms with Gasteiger partial charge in [0, 0.05) is 19.3 Å². The second kappa shape index (κ2) is 7.84. The number of imidazole rings is 2. The highest BCUT2D eigenvalue weighted by Crippen LogP contribution is 2.13. The van der Waals surface area contributed by atoms with Crippen molar-refractivity contribution in [1.29, 1.82) is 0 Å². The lowest BCUT2D eigenvalue weighted by Crippen LogP contribution is -2.05. The van der Waals surface area contributed by atoms with Crippen molar-refractivity contribution in [1.82, 2.24) is 18.8 Å². The normalized spacial score (nSPS) is 10.7. The van der Waals surface area contributed by atoms with Gasteiger partial charge in [-0.1, -0.05) is 28.1 Å². The molecule has 0 aliphatic carbocycles. The first-order valence-electron chi connectivity index (χ1n) is 8.41. The first kappa shape index (κ1) is 19.0. The van der Waals surface area contributed by atoms with Crippen LogP contribution in [0.1, 0.15) is 39.3 Å². The number of Topliss-reactive ketones (excluding diaryl/α,β-unsaturated/α-hetero) is 2. The molecule has 0 aliphatic heterocycles. The number of fused-ring (bicyclic) bond motifs is 2. The number of rotatable bonds is 3. The van der Waals surface area contributed by atoms with Crippen LogP contribution in [0.4, 0.5) is 0 Å². The van der Waals surface area contributed by atoms with Gasteiger partial charge in [0.1, 0.15) is 22.7 Å². The predicted octanol–water partition coefficient (Wildman–Crippen LogP) is 4.07. The summed E-state index contributed by atoms with van der Waals surface area (Å²) in [6, 6.07) is 11.4. The molecule has 0 unspecified atom stereocenters. The molecule has 0 N–H and O–H groups in total. The molecule has 27 heavy (non-hydrogen) atoms. The topological polar surface area (TPSA) is 68.7 Å². The standard InChI is InChI=1S/C10H9BrN2O.C10H10N2O/c1-7-10(8(14)6-11)13-5-3-2-4-9(13)12-7;1-7-10(8(2)13)12-6-4-3-5-9(12)11-7/h2-5H,6H2,1H3;3-6H,1-2H3. The second-order valence-electron chi connectivity index (χ2n) is 6.06. The van der Waals surface area contributed by atoms with Crippen LogP contribution >= 0.6 is 15.9 Å². The Morgan fingerprint density at radius 1 is 0.889 bits per heavy atom. The lowest BCUT2D eigenvalue weighted by atomic mass is 10.2. The van der Waals surface area contributed by atoms with Crippen LogP contribution in [0.3, 0.4) is 0 Å². The zero-order valence-corrected chi connectivity index (χ0v) is 16.9. The summed E-state index contributed by atoms with van der Waals surface area (Å²) < 4.78 is 3.64. The average Bonchev–Trinajstić information content (AvgIpc) is 3.16. The first-order valence-corrected chi connectivity index (χ1v) is 9.53. The number of aryl methyl sites for hydroxylation is 2. The minimum absolute atomic E-state index is 0.0520. The number of alkyl halides is 1. The Labute approximate surface area is 165 Å². The van der Waals surface area contributed by atoms with E-state index in [4.69, 9.17) is 0 Å². The van der Waals surface area contributed by atoms with E-state index in [1.54, 1.807) is 6.92 Å². The van der Waals surface area contributed by atoms with Crippen LogP contribution in [0.5, 0.6) is 0 Å².